The van der Waals surface area contributed by atoms with Gasteiger partial charge in [0.05, 0.1) is 0 Å². The monoisotopic (exact) mass is 259 g/mol. The van der Waals surface area contributed by atoms with E-state index < -0.39 is 0 Å². The number of fused-ring (bicyclic) bond motifs is 1. The van der Waals surface area contributed by atoms with Crippen molar-refractivity contribution in [3.8, 4) is 0 Å². The van der Waals surface area contributed by atoms with Gasteiger partial charge in [0.25, 0.3) is 0 Å². The average Bonchev–Trinajstić information content (AvgIpc) is 2.85. The molecular weight excluding hydrogens is 238 g/mol. The molecular formula is C15H21N3O. The first-order valence-corrected chi connectivity index (χ1v) is 7.05. The van der Waals surface area contributed by atoms with Crippen LogP contribution in [0.3, 0.4) is 0 Å². The second-order valence-electron chi connectivity index (χ2n) is 5.47. The maximum Gasteiger partial charge on any atom is 0.228 e. The molecule has 0 spiro atoms. The Morgan fingerprint density at radius 2 is 2.21 bits per heavy atom. The number of piperazine rings is 1. The van der Waals surface area contributed by atoms with E-state index in [1.165, 1.54) is 5.56 Å². The van der Waals surface area contributed by atoms with E-state index in [-0.39, 0.29) is 5.91 Å². The maximum absolute atomic E-state index is 12.5. The predicted octanol–water partition coefficient (Wildman–Crippen LogP) is 0.869. The zero-order valence-electron chi connectivity index (χ0n) is 11.4. The van der Waals surface area contributed by atoms with Gasteiger partial charge in [0.2, 0.25) is 5.91 Å². The summed E-state index contributed by atoms with van der Waals surface area (Å²) in [4.78, 5) is 16.7. The van der Waals surface area contributed by atoms with Crippen molar-refractivity contribution in [3.05, 3.63) is 29.8 Å². The van der Waals surface area contributed by atoms with Gasteiger partial charge in [0.1, 0.15) is 0 Å². The molecule has 2 aliphatic heterocycles. The van der Waals surface area contributed by atoms with Crippen LogP contribution in [0.25, 0.3) is 0 Å². The number of rotatable bonds is 2. The van der Waals surface area contributed by atoms with Crippen LogP contribution < -0.4 is 10.2 Å². The number of likely N-dealkylation sites (N-methyl/N-ethyl adjacent to an activating group) is 1. The molecule has 102 valence electrons. The minimum absolute atomic E-state index is 0.255. The fourth-order valence-electron chi connectivity index (χ4n) is 3.00. The van der Waals surface area contributed by atoms with E-state index in [9.17, 15) is 4.79 Å². The number of carbonyl (C=O) groups is 1. The van der Waals surface area contributed by atoms with Gasteiger partial charge in [-0.2, -0.15) is 0 Å². The molecule has 1 saturated heterocycles. The van der Waals surface area contributed by atoms with E-state index in [1.54, 1.807) is 0 Å². The van der Waals surface area contributed by atoms with Crippen molar-refractivity contribution in [1.82, 2.24) is 10.2 Å². The number of carbonyl (C=O) groups excluding carboxylic acids is 1. The third-order valence-corrected chi connectivity index (χ3v) is 4.24. The van der Waals surface area contributed by atoms with Gasteiger partial charge < -0.3 is 15.1 Å². The summed E-state index contributed by atoms with van der Waals surface area (Å²) in [6, 6.07) is 8.57. The summed E-state index contributed by atoms with van der Waals surface area (Å²) < 4.78 is 0. The Hall–Kier alpha value is -1.39. The van der Waals surface area contributed by atoms with Crippen LogP contribution in [0.4, 0.5) is 5.69 Å². The van der Waals surface area contributed by atoms with Crippen LogP contribution in [0.2, 0.25) is 0 Å². The van der Waals surface area contributed by atoms with Crippen molar-refractivity contribution in [2.24, 2.45) is 0 Å². The lowest BCUT2D eigenvalue weighted by Crippen LogP contribution is -2.51. The first kappa shape index (κ1) is 12.6. The van der Waals surface area contributed by atoms with E-state index in [2.05, 4.69) is 29.4 Å². The van der Waals surface area contributed by atoms with Gasteiger partial charge in [-0.25, -0.2) is 0 Å². The normalized spacial score (nSPS) is 23.4. The molecule has 0 radical (unpaired) electrons. The molecule has 2 aliphatic rings. The molecule has 19 heavy (non-hydrogen) atoms. The molecule has 1 unspecified atom stereocenters. The Kier molecular flexibility index (Phi) is 3.53. The largest absolute Gasteiger partial charge is 0.314 e. The van der Waals surface area contributed by atoms with Gasteiger partial charge in [-0.15, -0.1) is 0 Å². The maximum atomic E-state index is 12.5. The van der Waals surface area contributed by atoms with E-state index >= 15 is 0 Å². The number of benzene rings is 1. The number of hydrogen-bond acceptors (Lipinski definition) is 3. The van der Waals surface area contributed by atoms with E-state index in [4.69, 9.17) is 0 Å². The predicted molar refractivity (Wildman–Crippen MR) is 76.4 cm³/mol. The Morgan fingerprint density at radius 1 is 1.37 bits per heavy atom. The van der Waals surface area contributed by atoms with Gasteiger partial charge >= 0.3 is 0 Å². The van der Waals surface area contributed by atoms with Gasteiger partial charge in [-0.05, 0) is 25.1 Å². The van der Waals surface area contributed by atoms with Crippen molar-refractivity contribution in [3.63, 3.8) is 0 Å². The summed E-state index contributed by atoms with van der Waals surface area (Å²) in [5.74, 6) is 0.255. The molecule has 3 rings (SSSR count). The van der Waals surface area contributed by atoms with E-state index in [0.717, 1.165) is 38.3 Å². The fourth-order valence-corrected chi connectivity index (χ4v) is 3.00. The van der Waals surface area contributed by atoms with Crippen LogP contribution in [0.5, 0.6) is 0 Å². The number of nitrogens with zero attached hydrogens (tertiary/aromatic N) is 2. The minimum atomic E-state index is 0.255. The van der Waals surface area contributed by atoms with Crippen molar-refractivity contribution in [2.75, 3.05) is 38.1 Å². The van der Waals surface area contributed by atoms with Gasteiger partial charge in [0.15, 0.2) is 0 Å². The molecule has 2 heterocycles. The third kappa shape index (κ3) is 2.51. The summed E-state index contributed by atoms with van der Waals surface area (Å²) in [5.41, 5.74) is 2.41. The summed E-state index contributed by atoms with van der Waals surface area (Å²) in [5, 5.41) is 3.37. The molecule has 0 aliphatic carbocycles. The van der Waals surface area contributed by atoms with Gasteiger partial charge in [0, 0.05) is 44.3 Å². The average molecular weight is 259 g/mol. The van der Waals surface area contributed by atoms with Crippen LogP contribution in [0.1, 0.15) is 12.0 Å². The number of hydrogen-bond donors (Lipinski definition) is 1. The van der Waals surface area contributed by atoms with Gasteiger partial charge in [-0.3, -0.25) is 4.79 Å². The summed E-state index contributed by atoms with van der Waals surface area (Å²) in [6.45, 7) is 3.79. The summed E-state index contributed by atoms with van der Waals surface area (Å²) in [6.07, 6.45) is 1.60. The van der Waals surface area contributed by atoms with Crippen LogP contribution >= 0.6 is 0 Å². The smallest absolute Gasteiger partial charge is 0.228 e. The second kappa shape index (κ2) is 5.31. The lowest BCUT2D eigenvalue weighted by Gasteiger charge is -2.33. The molecule has 0 saturated carbocycles. The Bertz CT molecular complexity index is 474. The lowest BCUT2D eigenvalue weighted by atomic mass is 10.1. The summed E-state index contributed by atoms with van der Waals surface area (Å²) in [7, 11) is 2.11. The van der Waals surface area contributed by atoms with Crippen molar-refractivity contribution in [2.45, 2.75) is 18.9 Å². The molecule has 1 atom stereocenters. The lowest BCUT2D eigenvalue weighted by molar-refractivity contribution is -0.119. The standard InChI is InChI=1S/C15H21N3O/c1-17-9-7-16-11-13(17)10-15(19)18-8-6-12-4-2-3-5-14(12)18/h2-5,13,16H,6-11H2,1H3. The highest BCUT2D eigenvalue weighted by Gasteiger charge is 2.28. The highest BCUT2D eigenvalue weighted by Crippen LogP contribution is 2.28. The number of nitrogens with one attached hydrogen (secondary N) is 1. The zero-order chi connectivity index (χ0) is 13.2. The third-order valence-electron chi connectivity index (χ3n) is 4.24. The Balaban J connectivity index is 1.68. The van der Waals surface area contributed by atoms with Crippen LogP contribution in [0, 0.1) is 0 Å². The molecule has 1 amide bonds. The van der Waals surface area contributed by atoms with Crippen LogP contribution in [0.15, 0.2) is 24.3 Å². The van der Waals surface area contributed by atoms with Crippen molar-refractivity contribution < 1.29 is 4.79 Å². The first-order chi connectivity index (χ1) is 9.25. The van der Waals surface area contributed by atoms with Crippen LogP contribution in [-0.2, 0) is 11.2 Å². The Morgan fingerprint density at radius 3 is 3.05 bits per heavy atom. The highest BCUT2D eigenvalue weighted by molar-refractivity contribution is 5.95. The molecule has 1 fully saturated rings. The van der Waals surface area contributed by atoms with Gasteiger partial charge in [-0.1, -0.05) is 18.2 Å². The van der Waals surface area contributed by atoms with Crippen molar-refractivity contribution in [1.29, 1.82) is 0 Å². The molecule has 4 nitrogen and oxygen atoms in total. The Labute approximate surface area is 114 Å². The quantitative estimate of drug-likeness (QED) is 0.856. The molecule has 1 N–H and O–H groups in total. The minimum Gasteiger partial charge on any atom is -0.314 e. The molecule has 0 bridgehead atoms. The topological polar surface area (TPSA) is 35.6 Å². The first-order valence-electron chi connectivity index (χ1n) is 7.05. The highest BCUT2D eigenvalue weighted by atomic mass is 16.2. The van der Waals surface area contributed by atoms with Crippen LogP contribution in [-0.4, -0.2) is 50.1 Å². The van der Waals surface area contributed by atoms with E-state index in [0.29, 0.717) is 12.5 Å². The molecule has 0 aromatic heterocycles. The fraction of sp³-hybridized carbons (Fsp3) is 0.533. The number of amides is 1. The SMILES string of the molecule is CN1CCNCC1CC(=O)N1CCc2ccccc21. The second-order valence-corrected chi connectivity index (χ2v) is 5.47. The molecule has 1 aromatic carbocycles. The molecule has 4 heteroatoms. The molecule has 1 aromatic rings. The van der Waals surface area contributed by atoms with E-state index in [1.807, 2.05) is 17.0 Å². The number of anilines is 1. The zero-order valence-corrected chi connectivity index (χ0v) is 11.4. The number of para-hydroxylation sites is 1. The summed E-state index contributed by atoms with van der Waals surface area (Å²) >= 11 is 0. The van der Waals surface area contributed by atoms with Crippen molar-refractivity contribution >= 4 is 11.6 Å².